The van der Waals surface area contributed by atoms with Gasteiger partial charge in [-0.25, -0.2) is 4.79 Å². The molecule has 1 unspecified atom stereocenters. The van der Waals surface area contributed by atoms with Gasteiger partial charge in [-0.2, -0.15) is 0 Å². The van der Waals surface area contributed by atoms with E-state index in [9.17, 15) is 9.59 Å². The summed E-state index contributed by atoms with van der Waals surface area (Å²) in [6, 6.07) is -0.0613. The number of hydrogen-bond acceptors (Lipinski definition) is 2. The van der Waals surface area contributed by atoms with Gasteiger partial charge in [0, 0.05) is 26.1 Å². The highest BCUT2D eigenvalue weighted by molar-refractivity contribution is 5.74. The molecule has 1 fully saturated rings. The number of carboxylic acid groups (broad SMARTS) is 1. The van der Waals surface area contributed by atoms with E-state index < -0.39 is 5.97 Å². The Bertz CT molecular complexity index is 353. The van der Waals surface area contributed by atoms with Gasteiger partial charge in [0.15, 0.2) is 0 Å². The topological polar surface area (TPSA) is 69.6 Å². The molecule has 1 heterocycles. The predicted molar refractivity (Wildman–Crippen MR) is 78.6 cm³/mol. The van der Waals surface area contributed by atoms with Crippen molar-refractivity contribution < 1.29 is 14.7 Å². The quantitative estimate of drug-likeness (QED) is 0.815. The minimum absolute atomic E-state index is 0.0613. The van der Waals surface area contributed by atoms with E-state index in [0.717, 1.165) is 19.4 Å². The van der Waals surface area contributed by atoms with Gasteiger partial charge in [0.05, 0.1) is 0 Å². The Morgan fingerprint density at radius 1 is 1.40 bits per heavy atom. The lowest BCUT2D eigenvalue weighted by Gasteiger charge is -2.34. The van der Waals surface area contributed by atoms with Crippen molar-refractivity contribution in [2.75, 3.05) is 19.6 Å². The average Bonchev–Trinajstić information content (AvgIpc) is 2.35. The van der Waals surface area contributed by atoms with Crippen LogP contribution in [0.3, 0.4) is 0 Å². The number of nitrogens with zero attached hydrogens (tertiary/aromatic N) is 1. The van der Waals surface area contributed by atoms with Gasteiger partial charge in [-0.1, -0.05) is 27.7 Å². The monoisotopic (exact) mass is 284 g/mol. The number of urea groups is 1. The molecule has 1 atom stereocenters. The van der Waals surface area contributed by atoms with Crippen LogP contribution in [-0.4, -0.2) is 41.6 Å². The largest absolute Gasteiger partial charge is 0.481 e. The lowest BCUT2D eigenvalue weighted by Crippen LogP contribution is -2.48. The standard InChI is InChI=1S/C15H28N2O3/c1-11(2)15(3,4)10-16-14(20)17-7-5-6-12(9-17)8-13(18)19/h11-12H,5-10H2,1-4H3,(H,16,20)(H,18,19). The Morgan fingerprint density at radius 2 is 2.05 bits per heavy atom. The Hall–Kier alpha value is -1.26. The maximum atomic E-state index is 12.2. The first-order valence-electron chi connectivity index (χ1n) is 7.47. The molecule has 5 heteroatoms. The summed E-state index contributed by atoms with van der Waals surface area (Å²) in [7, 11) is 0. The second kappa shape index (κ2) is 6.95. The minimum Gasteiger partial charge on any atom is -0.481 e. The van der Waals surface area contributed by atoms with E-state index in [4.69, 9.17) is 5.11 Å². The Labute approximate surface area is 121 Å². The first-order valence-corrected chi connectivity index (χ1v) is 7.47. The molecule has 1 saturated heterocycles. The van der Waals surface area contributed by atoms with E-state index in [1.807, 2.05) is 0 Å². The third kappa shape index (κ3) is 5.02. The Morgan fingerprint density at radius 3 is 2.60 bits per heavy atom. The van der Waals surface area contributed by atoms with Crippen molar-refractivity contribution in [3.05, 3.63) is 0 Å². The lowest BCUT2D eigenvalue weighted by molar-refractivity contribution is -0.138. The summed E-state index contributed by atoms with van der Waals surface area (Å²) in [5, 5.41) is 11.8. The van der Waals surface area contributed by atoms with Gasteiger partial charge in [0.25, 0.3) is 0 Å². The summed E-state index contributed by atoms with van der Waals surface area (Å²) in [6.07, 6.45) is 1.94. The fourth-order valence-corrected chi connectivity index (χ4v) is 2.28. The van der Waals surface area contributed by atoms with Crippen LogP contribution in [0.5, 0.6) is 0 Å². The zero-order valence-corrected chi connectivity index (χ0v) is 13.1. The Kier molecular flexibility index (Phi) is 5.84. The second-order valence-corrected chi connectivity index (χ2v) is 6.85. The Balaban J connectivity index is 2.45. The molecule has 0 bridgehead atoms. The minimum atomic E-state index is -0.779. The zero-order valence-electron chi connectivity index (χ0n) is 13.1. The van der Waals surface area contributed by atoms with E-state index >= 15 is 0 Å². The molecule has 0 radical (unpaired) electrons. The molecule has 1 aliphatic rings. The van der Waals surface area contributed by atoms with Crippen molar-refractivity contribution in [3.8, 4) is 0 Å². The summed E-state index contributed by atoms with van der Waals surface area (Å²) in [5.41, 5.74) is 0.0614. The summed E-state index contributed by atoms with van der Waals surface area (Å²) in [4.78, 5) is 24.7. The van der Waals surface area contributed by atoms with E-state index in [0.29, 0.717) is 19.0 Å². The molecular formula is C15H28N2O3. The molecular weight excluding hydrogens is 256 g/mol. The van der Waals surface area contributed by atoms with Crippen LogP contribution in [0, 0.1) is 17.3 Å². The number of amides is 2. The SMILES string of the molecule is CC(C)C(C)(C)CNC(=O)N1CCCC(CC(=O)O)C1. The highest BCUT2D eigenvalue weighted by Crippen LogP contribution is 2.25. The van der Waals surface area contributed by atoms with Crippen LogP contribution in [0.15, 0.2) is 0 Å². The number of carbonyl (C=O) groups is 2. The number of hydrogen-bond donors (Lipinski definition) is 2. The molecule has 0 aliphatic carbocycles. The number of carboxylic acids is 1. The van der Waals surface area contributed by atoms with Gasteiger partial charge in [0.2, 0.25) is 0 Å². The average molecular weight is 284 g/mol. The number of likely N-dealkylation sites (tertiary alicyclic amines) is 1. The van der Waals surface area contributed by atoms with Gasteiger partial charge in [-0.15, -0.1) is 0 Å². The molecule has 1 aliphatic heterocycles. The second-order valence-electron chi connectivity index (χ2n) is 6.85. The molecule has 1 rings (SSSR count). The van der Waals surface area contributed by atoms with Crippen LogP contribution in [-0.2, 0) is 4.79 Å². The summed E-state index contributed by atoms with van der Waals surface area (Å²) < 4.78 is 0. The molecule has 5 nitrogen and oxygen atoms in total. The predicted octanol–water partition coefficient (Wildman–Crippen LogP) is 2.56. The van der Waals surface area contributed by atoms with E-state index in [1.165, 1.54) is 0 Å². The van der Waals surface area contributed by atoms with Crippen LogP contribution < -0.4 is 5.32 Å². The van der Waals surface area contributed by atoms with Gasteiger partial charge in [-0.05, 0) is 30.1 Å². The fourth-order valence-electron chi connectivity index (χ4n) is 2.28. The normalized spacial score (nSPS) is 20.1. The van der Waals surface area contributed by atoms with Crippen LogP contribution >= 0.6 is 0 Å². The van der Waals surface area contributed by atoms with E-state index in [2.05, 4.69) is 33.0 Å². The fraction of sp³-hybridized carbons (Fsp3) is 0.867. The van der Waals surface area contributed by atoms with Gasteiger partial charge < -0.3 is 15.3 Å². The van der Waals surface area contributed by atoms with Crippen LogP contribution in [0.1, 0.15) is 47.0 Å². The number of nitrogens with one attached hydrogen (secondary N) is 1. The maximum Gasteiger partial charge on any atom is 0.317 e. The third-order valence-corrected chi connectivity index (χ3v) is 4.53. The molecule has 0 saturated carbocycles. The summed E-state index contributed by atoms with van der Waals surface area (Å²) >= 11 is 0. The molecule has 20 heavy (non-hydrogen) atoms. The molecule has 2 amide bonds. The van der Waals surface area contributed by atoms with Crippen molar-refractivity contribution in [1.82, 2.24) is 10.2 Å². The summed E-state index contributed by atoms with van der Waals surface area (Å²) in [6.45, 7) is 10.5. The molecule has 0 aromatic heterocycles. The first kappa shape index (κ1) is 16.8. The molecule has 116 valence electrons. The highest BCUT2D eigenvalue weighted by atomic mass is 16.4. The van der Waals surface area contributed by atoms with Crippen LogP contribution in [0.25, 0.3) is 0 Å². The molecule has 0 spiro atoms. The maximum absolute atomic E-state index is 12.2. The molecule has 0 aromatic carbocycles. The summed E-state index contributed by atoms with van der Waals surface area (Å²) in [5.74, 6) is -0.202. The van der Waals surface area contributed by atoms with Crippen molar-refractivity contribution in [2.45, 2.75) is 47.0 Å². The van der Waals surface area contributed by atoms with Gasteiger partial charge in [0.1, 0.15) is 0 Å². The molecule has 0 aromatic rings. The van der Waals surface area contributed by atoms with Crippen molar-refractivity contribution in [2.24, 2.45) is 17.3 Å². The number of piperidine rings is 1. The third-order valence-electron chi connectivity index (χ3n) is 4.53. The molecule has 2 N–H and O–H groups in total. The van der Waals surface area contributed by atoms with E-state index in [-0.39, 0.29) is 23.8 Å². The van der Waals surface area contributed by atoms with Crippen molar-refractivity contribution in [3.63, 3.8) is 0 Å². The lowest BCUT2D eigenvalue weighted by atomic mass is 9.81. The van der Waals surface area contributed by atoms with Crippen molar-refractivity contribution in [1.29, 1.82) is 0 Å². The van der Waals surface area contributed by atoms with Crippen LogP contribution in [0.4, 0.5) is 4.79 Å². The van der Waals surface area contributed by atoms with E-state index in [1.54, 1.807) is 4.90 Å². The smallest absolute Gasteiger partial charge is 0.317 e. The van der Waals surface area contributed by atoms with Crippen LogP contribution in [0.2, 0.25) is 0 Å². The number of aliphatic carboxylic acids is 1. The van der Waals surface area contributed by atoms with Gasteiger partial charge in [-0.3, -0.25) is 4.79 Å². The number of rotatable bonds is 5. The first-order chi connectivity index (χ1) is 9.22. The highest BCUT2D eigenvalue weighted by Gasteiger charge is 2.27. The van der Waals surface area contributed by atoms with Gasteiger partial charge >= 0.3 is 12.0 Å². The van der Waals surface area contributed by atoms with Crippen molar-refractivity contribution >= 4 is 12.0 Å². The number of carbonyl (C=O) groups excluding carboxylic acids is 1. The zero-order chi connectivity index (χ0) is 15.3.